The normalized spacial score (nSPS) is 14.9. The minimum absolute atomic E-state index is 0.161. The van der Waals surface area contributed by atoms with Crippen molar-refractivity contribution in [1.82, 2.24) is 0 Å². The topological polar surface area (TPSA) is 80.3 Å². The molecule has 0 aromatic heterocycles. The summed E-state index contributed by atoms with van der Waals surface area (Å²) in [6.07, 6.45) is -0.770. The Morgan fingerprint density at radius 3 is 1.28 bits per heavy atom. The van der Waals surface area contributed by atoms with Crippen molar-refractivity contribution >= 4 is 15.4 Å². The monoisotopic (exact) mass is 402 g/mol. The fourth-order valence-corrected chi connectivity index (χ4v) is 5.46. The number of phosphoric ester groups is 1. The molecule has 0 N–H and O–H groups in total. The Kier molecular flexibility index (Phi) is 11.3. The van der Waals surface area contributed by atoms with Gasteiger partial charge in [-0.15, -0.1) is 0 Å². The molecule has 0 amide bonds. The quantitative estimate of drug-likeness (QED) is 0.358. The molecule has 0 radical (unpaired) electrons. The van der Waals surface area contributed by atoms with E-state index in [1.807, 2.05) is 27.7 Å². The lowest BCUT2D eigenvalue weighted by atomic mass is 10.2. The van der Waals surface area contributed by atoms with E-state index in [2.05, 4.69) is 0 Å². The molecular weight excluding hydrogens is 366 g/mol. The summed E-state index contributed by atoms with van der Waals surface area (Å²) in [4.78, 5) is 0. The molecule has 0 fully saturated rings. The fourth-order valence-electron chi connectivity index (χ4n) is 1.59. The highest BCUT2D eigenvalue weighted by Crippen LogP contribution is 2.62. The molecule has 0 saturated heterocycles. The van der Waals surface area contributed by atoms with Crippen LogP contribution in [0.15, 0.2) is 0 Å². The van der Waals surface area contributed by atoms with Crippen LogP contribution in [0, 0.1) is 11.8 Å². The van der Waals surface area contributed by atoms with Crippen molar-refractivity contribution in [3.05, 3.63) is 0 Å². The Hall–Kier alpha value is 0.260. The fraction of sp³-hybridized carbons (Fsp3) is 1.00. The number of rotatable bonds is 13. The zero-order valence-electron chi connectivity index (χ0n) is 17.1. The summed E-state index contributed by atoms with van der Waals surface area (Å²) in [6, 6.07) is 0. The summed E-state index contributed by atoms with van der Waals surface area (Å²) in [5.41, 5.74) is 0. The van der Waals surface area contributed by atoms with Gasteiger partial charge in [0.05, 0.1) is 25.4 Å². The van der Waals surface area contributed by atoms with E-state index < -0.39 is 21.3 Å². The predicted molar refractivity (Wildman–Crippen MR) is 99.8 cm³/mol. The summed E-state index contributed by atoms with van der Waals surface area (Å²) in [5.74, 6) is -0.768. The molecular formula is C16H36O7P2. The zero-order valence-corrected chi connectivity index (χ0v) is 18.8. The second-order valence-corrected chi connectivity index (χ2v) is 11.2. The van der Waals surface area contributed by atoms with Crippen LogP contribution < -0.4 is 0 Å². The molecule has 0 heterocycles. The van der Waals surface area contributed by atoms with Crippen molar-refractivity contribution < 1.29 is 31.7 Å². The molecule has 25 heavy (non-hydrogen) atoms. The van der Waals surface area contributed by atoms with E-state index in [1.54, 1.807) is 27.7 Å². The van der Waals surface area contributed by atoms with E-state index in [9.17, 15) is 9.13 Å². The molecule has 0 aromatic carbocycles. The van der Waals surface area contributed by atoms with Crippen molar-refractivity contribution in [1.29, 1.82) is 0 Å². The molecule has 0 aliphatic carbocycles. The molecule has 0 spiro atoms. The van der Waals surface area contributed by atoms with Crippen LogP contribution in [0.3, 0.4) is 0 Å². The Morgan fingerprint density at radius 2 is 1.00 bits per heavy atom. The van der Waals surface area contributed by atoms with E-state index in [-0.39, 0.29) is 37.3 Å². The maximum absolute atomic E-state index is 13.2. The van der Waals surface area contributed by atoms with Crippen LogP contribution in [0.1, 0.15) is 62.3 Å². The van der Waals surface area contributed by atoms with Crippen LogP contribution in [0.5, 0.6) is 0 Å². The zero-order chi connectivity index (χ0) is 19.8. The first-order chi connectivity index (χ1) is 11.3. The van der Waals surface area contributed by atoms with Crippen molar-refractivity contribution in [2.45, 2.75) is 80.4 Å². The van der Waals surface area contributed by atoms with Crippen LogP contribution in [0.25, 0.3) is 0 Å². The molecule has 0 bridgehead atoms. The number of hydrogen-bond donors (Lipinski definition) is 0. The molecule has 0 saturated carbocycles. The van der Waals surface area contributed by atoms with Gasteiger partial charge in [0.2, 0.25) is 0 Å². The third-order valence-corrected chi connectivity index (χ3v) is 6.70. The Balaban J connectivity index is 5.32. The molecule has 9 heteroatoms. The van der Waals surface area contributed by atoms with E-state index in [4.69, 9.17) is 22.6 Å². The van der Waals surface area contributed by atoms with Crippen molar-refractivity contribution in [2.75, 3.05) is 13.2 Å². The van der Waals surface area contributed by atoms with Gasteiger partial charge in [0, 0.05) is 0 Å². The van der Waals surface area contributed by atoms with E-state index in [0.717, 1.165) is 0 Å². The minimum atomic E-state index is -3.91. The average molecular weight is 402 g/mol. The molecule has 1 atom stereocenters. The second-order valence-electron chi connectivity index (χ2n) is 7.38. The Bertz CT molecular complexity index is 433. The first-order valence-corrected chi connectivity index (χ1v) is 11.9. The van der Waals surface area contributed by atoms with Gasteiger partial charge >= 0.3 is 15.4 Å². The third-order valence-electron chi connectivity index (χ3n) is 2.58. The summed E-state index contributed by atoms with van der Waals surface area (Å²) >= 11 is 0. The summed E-state index contributed by atoms with van der Waals surface area (Å²) < 4.78 is 53.3. The van der Waals surface area contributed by atoms with Gasteiger partial charge in [-0.05, 0) is 46.5 Å². The van der Waals surface area contributed by atoms with Gasteiger partial charge in [-0.2, -0.15) is 0 Å². The van der Waals surface area contributed by atoms with Gasteiger partial charge in [-0.25, -0.2) is 4.57 Å². The van der Waals surface area contributed by atoms with Gasteiger partial charge in [0.25, 0.3) is 0 Å². The lowest BCUT2D eigenvalue weighted by Gasteiger charge is -2.29. The smallest absolute Gasteiger partial charge is 0.307 e. The van der Waals surface area contributed by atoms with E-state index in [1.165, 1.54) is 6.92 Å². The lowest BCUT2D eigenvalue weighted by Crippen LogP contribution is -2.19. The van der Waals surface area contributed by atoms with Crippen LogP contribution in [0.4, 0.5) is 0 Å². The SMILES string of the molecule is CC(C)COP(=O)(OCC(C)C)[C@@H](C)OP(=O)(OC(C)C)OC(C)C. The van der Waals surface area contributed by atoms with Crippen LogP contribution in [-0.2, 0) is 31.7 Å². The highest BCUT2D eigenvalue weighted by Gasteiger charge is 2.42. The van der Waals surface area contributed by atoms with Crippen molar-refractivity contribution in [3.63, 3.8) is 0 Å². The highest BCUT2D eigenvalue weighted by atomic mass is 31.2. The van der Waals surface area contributed by atoms with E-state index in [0.29, 0.717) is 0 Å². The maximum atomic E-state index is 13.2. The second kappa shape index (κ2) is 11.2. The van der Waals surface area contributed by atoms with Crippen molar-refractivity contribution in [2.24, 2.45) is 11.8 Å². The molecule has 7 nitrogen and oxygen atoms in total. The summed E-state index contributed by atoms with van der Waals surface area (Å²) in [5, 5.41) is 0. The Morgan fingerprint density at radius 1 is 0.640 bits per heavy atom. The van der Waals surface area contributed by atoms with Gasteiger partial charge in [0.15, 0.2) is 5.85 Å². The largest absolute Gasteiger partial charge is 0.476 e. The van der Waals surface area contributed by atoms with Crippen molar-refractivity contribution in [3.8, 4) is 0 Å². The van der Waals surface area contributed by atoms with Gasteiger partial charge in [-0.3, -0.25) is 18.1 Å². The number of phosphoric acid groups is 1. The maximum Gasteiger partial charge on any atom is 0.476 e. The molecule has 0 unspecified atom stereocenters. The minimum Gasteiger partial charge on any atom is -0.307 e. The van der Waals surface area contributed by atoms with Gasteiger partial charge < -0.3 is 9.05 Å². The van der Waals surface area contributed by atoms with E-state index >= 15 is 0 Å². The summed E-state index contributed by atoms with van der Waals surface area (Å²) in [6.45, 7) is 16.6. The van der Waals surface area contributed by atoms with Gasteiger partial charge in [0.1, 0.15) is 0 Å². The van der Waals surface area contributed by atoms with Crippen LogP contribution in [0.2, 0.25) is 0 Å². The number of hydrogen-bond acceptors (Lipinski definition) is 7. The molecule has 0 aromatic rings. The third kappa shape index (κ3) is 10.9. The lowest BCUT2D eigenvalue weighted by molar-refractivity contribution is 0.0550. The predicted octanol–water partition coefficient (Wildman–Crippen LogP) is 5.85. The first kappa shape index (κ1) is 25.3. The van der Waals surface area contributed by atoms with Crippen LogP contribution >= 0.6 is 15.4 Å². The first-order valence-electron chi connectivity index (χ1n) is 8.83. The van der Waals surface area contributed by atoms with Gasteiger partial charge in [-0.1, -0.05) is 27.7 Å². The Labute approximate surface area is 153 Å². The molecule has 152 valence electrons. The van der Waals surface area contributed by atoms with Crippen LogP contribution in [-0.4, -0.2) is 31.3 Å². The molecule has 0 rings (SSSR count). The highest BCUT2D eigenvalue weighted by molar-refractivity contribution is 7.55. The molecule has 0 aliphatic heterocycles. The summed E-state index contributed by atoms with van der Waals surface area (Å²) in [7, 11) is -7.57. The average Bonchev–Trinajstić information content (AvgIpc) is 2.40. The standard InChI is InChI=1S/C16H36O7P2/c1-12(2)10-19-24(17,20-11-13(3)4)16(9)23-25(18,21-14(5)6)22-15(7)8/h12-16H,10-11H2,1-9H3/t16-/m0/s1. The molecule has 0 aliphatic rings.